The van der Waals surface area contributed by atoms with Crippen LogP contribution in [0.4, 0.5) is 0 Å². The monoisotopic (exact) mass is 261 g/mol. The molecule has 4 aliphatic rings. The van der Waals surface area contributed by atoms with E-state index in [1.54, 1.807) is 6.92 Å². The fourth-order valence-corrected chi connectivity index (χ4v) is 5.06. The third-order valence-electron chi connectivity index (χ3n) is 5.94. The van der Waals surface area contributed by atoms with Crippen LogP contribution in [0.1, 0.15) is 51.9 Å². The van der Waals surface area contributed by atoms with Crippen molar-refractivity contribution >= 4 is 5.91 Å². The van der Waals surface area contributed by atoms with Crippen molar-refractivity contribution in [3.63, 3.8) is 0 Å². The number of hydrogen-bond donors (Lipinski definition) is 0. The summed E-state index contributed by atoms with van der Waals surface area (Å²) in [6.45, 7) is 2.53. The Morgan fingerprint density at radius 3 is 2.79 bits per heavy atom. The summed E-state index contributed by atoms with van der Waals surface area (Å²) in [6.07, 6.45) is 13.4. The number of likely N-dealkylation sites (tertiary alicyclic amines) is 1. The molecule has 1 amide bonds. The number of amides is 1. The van der Waals surface area contributed by atoms with Gasteiger partial charge in [0.05, 0.1) is 12.6 Å². The van der Waals surface area contributed by atoms with Gasteiger partial charge in [-0.3, -0.25) is 4.79 Å². The molecule has 2 spiro atoms. The molecule has 1 aliphatic carbocycles. The van der Waals surface area contributed by atoms with Gasteiger partial charge >= 0.3 is 0 Å². The molecule has 0 radical (unpaired) electrons. The van der Waals surface area contributed by atoms with E-state index >= 15 is 0 Å². The molecule has 3 heteroatoms. The van der Waals surface area contributed by atoms with E-state index in [0.717, 1.165) is 13.0 Å². The summed E-state index contributed by atoms with van der Waals surface area (Å²) >= 11 is 0. The highest BCUT2D eigenvalue weighted by Crippen LogP contribution is 2.54. The molecule has 0 N–H and O–H groups in total. The normalized spacial score (nSPS) is 42.7. The largest absolute Gasteiger partial charge is 0.361 e. The molecule has 3 aliphatic heterocycles. The van der Waals surface area contributed by atoms with Gasteiger partial charge in [0.2, 0.25) is 5.91 Å². The zero-order valence-corrected chi connectivity index (χ0v) is 11.7. The van der Waals surface area contributed by atoms with Gasteiger partial charge in [0.25, 0.3) is 0 Å². The van der Waals surface area contributed by atoms with Crippen LogP contribution in [0.15, 0.2) is 12.2 Å². The lowest BCUT2D eigenvalue weighted by Crippen LogP contribution is -2.64. The minimum Gasteiger partial charge on any atom is -0.361 e. The van der Waals surface area contributed by atoms with Gasteiger partial charge < -0.3 is 9.64 Å². The fourth-order valence-electron chi connectivity index (χ4n) is 5.06. The Balaban J connectivity index is 1.69. The Kier molecular flexibility index (Phi) is 2.42. The number of piperidine rings is 1. The minimum atomic E-state index is -0.140. The summed E-state index contributed by atoms with van der Waals surface area (Å²) in [5.74, 6) is 0.873. The highest BCUT2D eigenvalue weighted by atomic mass is 16.5. The van der Waals surface area contributed by atoms with Crippen molar-refractivity contribution in [2.75, 3.05) is 6.54 Å². The molecule has 3 nitrogen and oxygen atoms in total. The van der Waals surface area contributed by atoms with Crippen LogP contribution in [0.3, 0.4) is 0 Å². The zero-order valence-electron chi connectivity index (χ0n) is 11.7. The number of rotatable bonds is 0. The second-order valence-corrected chi connectivity index (χ2v) is 7.00. The van der Waals surface area contributed by atoms with Gasteiger partial charge in [0.1, 0.15) is 5.60 Å². The number of carbonyl (C=O) groups is 1. The molecule has 104 valence electrons. The van der Waals surface area contributed by atoms with Crippen molar-refractivity contribution in [3.05, 3.63) is 12.2 Å². The van der Waals surface area contributed by atoms with Crippen molar-refractivity contribution in [1.82, 2.24) is 4.90 Å². The van der Waals surface area contributed by atoms with Crippen LogP contribution in [0.5, 0.6) is 0 Å². The number of fused-ring (bicyclic) bond motifs is 1. The van der Waals surface area contributed by atoms with E-state index in [9.17, 15) is 4.79 Å². The van der Waals surface area contributed by atoms with E-state index in [1.165, 1.54) is 38.5 Å². The lowest BCUT2D eigenvalue weighted by molar-refractivity contribution is -0.153. The van der Waals surface area contributed by atoms with Gasteiger partial charge in [0, 0.05) is 12.5 Å². The van der Waals surface area contributed by atoms with Gasteiger partial charge in [0.15, 0.2) is 0 Å². The summed E-state index contributed by atoms with van der Waals surface area (Å²) in [7, 11) is 0. The van der Waals surface area contributed by atoms with Crippen molar-refractivity contribution < 1.29 is 9.53 Å². The van der Waals surface area contributed by atoms with Crippen LogP contribution in [-0.2, 0) is 9.53 Å². The summed E-state index contributed by atoms with van der Waals surface area (Å²) < 4.78 is 6.17. The molecule has 2 saturated heterocycles. The van der Waals surface area contributed by atoms with E-state index in [2.05, 4.69) is 17.1 Å². The summed E-state index contributed by atoms with van der Waals surface area (Å²) in [5.41, 5.74) is 0.0146. The summed E-state index contributed by atoms with van der Waals surface area (Å²) in [4.78, 5) is 14.3. The van der Waals surface area contributed by atoms with E-state index in [0.29, 0.717) is 12.0 Å². The molecule has 0 aromatic carbocycles. The van der Waals surface area contributed by atoms with Gasteiger partial charge in [-0.2, -0.15) is 0 Å². The molecule has 3 atom stereocenters. The van der Waals surface area contributed by atoms with Crippen molar-refractivity contribution in [3.8, 4) is 0 Å². The molecule has 0 aromatic rings. The SMILES string of the molecule is CC(=O)N1C[C@]23C=C[C@@H](C[C@@H]2CC12CCCCC2)O3. The molecule has 0 unspecified atom stereocenters. The zero-order chi connectivity index (χ0) is 13.1. The van der Waals surface area contributed by atoms with E-state index in [1.807, 2.05) is 0 Å². The molecular formula is C16H23NO2. The second kappa shape index (κ2) is 3.85. The molecule has 3 heterocycles. The van der Waals surface area contributed by atoms with Crippen molar-refractivity contribution in [1.29, 1.82) is 0 Å². The highest BCUT2D eigenvalue weighted by Gasteiger charge is 2.59. The van der Waals surface area contributed by atoms with Gasteiger partial charge in [-0.25, -0.2) is 0 Å². The van der Waals surface area contributed by atoms with Gasteiger partial charge in [-0.05, 0) is 31.6 Å². The van der Waals surface area contributed by atoms with Crippen LogP contribution in [0, 0.1) is 5.92 Å². The summed E-state index contributed by atoms with van der Waals surface area (Å²) in [6, 6.07) is 0. The number of hydrogen-bond acceptors (Lipinski definition) is 2. The number of ether oxygens (including phenoxy) is 1. The first-order chi connectivity index (χ1) is 9.14. The summed E-state index contributed by atoms with van der Waals surface area (Å²) in [5, 5.41) is 0. The second-order valence-electron chi connectivity index (χ2n) is 7.00. The third kappa shape index (κ3) is 1.57. The van der Waals surface area contributed by atoms with E-state index in [4.69, 9.17) is 4.74 Å². The maximum atomic E-state index is 12.2. The Hall–Kier alpha value is -0.830. The van der Waals surface area contributed by atoms with E-state index < -0.39 is 0 Å². The van der Waals surface area contributed by atoms with Crippen molar-refractivity contribution in [2.24, 2.45) is 5.92 Å². The molecular weight excluding hydrogens is 238 g/mol. The Morgan fingerprint density at radius 1 is 1.32 bits per heavy atom. The first kappa shape index (κ1) is 12.0. The Labute approximate surface area is 115 Å². The van der Waals surface area contributed by atoms with Crippen LogP contribution in [0.2, 0.25) is 0 Å². The fraction of sp³-hybridized carbons (Fsp3) is 0.812. The van der Waals surface area contributed by atoms with Gasteiger partial charge in [-0.1, -0.05) is 31.4 Å². The topological polar surface area (TPSA) is 29.5 Å². The number of nitrogens with zero attached hydrogens (tertiary/aromatic N) is 1. The maximum Gasteiger partial charge on any atom is 0.220 e. The molecule has 1 saturated carbocycles. The van der Waals surface area contributed by atoms with Crippen LogP contribution >= 0.6 is 0 Å². The maximum absolute atomic E-state index is 12.2. The van der Waals surface area contributed by atoms with Crippen LogP contribution in [0.25, 0.3) is 0 Å². The highest BCUT2D eigenvalue weighted by molar-refractivity contribution is 5.74. The predicted octanol–water partition coefficient (Wildman–Crippen LogP) is 2.66. The van der Waals surface area contributed by atoms with Crippen molar-refractivity contribution in [2.45, 2.75) is 69.1 Å². The Morgan fingerprint density at radius 2 is 2.11 bits per heavy atom. The molecule has 19 heavy (non-hydrogen) atoms. The number of carbonyl (C=O) groups excluding carboxylic acids is 1. The standard InChI is InChI=1S/C16H23NO2/c1-12(18)17-11-16-8-5-14(19-16)9-13(16)10-15(17)6-3-2-4-7-15/h5,8,13-14H,2-4,6-7,9-11H2,1H3/t13-,14+,16-/m1/s1. The molecule has 3 fully saturated rings. The Bertz CT molecular complexity index is 438. The molecule has 0 aromatic heterocycles. The molecule has 2 bridgehead atoms. The average molecular weight is 261 g/mol. The lowest BCUT2D eigenvalue weighted by Gasteiger charge is -2.55. The first-order valence-electron chi connectivity index (χ1n) is 7.79. The lowest BCUT2D eigenvalue weighted by atomic mass is 9.65. The smallest absolute Gasteiger partial charge is 0.220 e. The predicted molar refractivity (Wildman–Crippen MR) is 72.7 cm³/mol. The minimum absolute atomic E-state index is 0.140. The van der Waals surface area contributed by atoms with Crippen LogP contribution in [-0.4, -0.2) is 34.6 Å². The third-order valence-corrected chi connectivity index (χ3v) is 5.94. The average Bonchev–Trinajstić information content (AvgIpc) is 2.94. The van der Waals surface area contributed by atoms with Crippen LogP contribution < -0.4 is 0 Å². The molecule has 4 rings (SSSR count). The quantitative estimate of drug-likeness (QED) is 0.627. The van der Waals surface area contributed by atoms with Gasteiger partial charge in [-0.15, -0.1) is 0 Å². The first-order valence-corrected chi connectivity index (χ1v) is 7.79. The van der Waals surface area contributed by atoms with E-state index in [-0.39, 0.29) is 17.0 Å².